The molecule has 0 bridgehead atoms. The van der Waals surface area contributed by atoms with Gasteiger partial charge in [0.05, 0.1) is 17.6 Å². The minimum Gasteiger partial charge on any atom is -0.255 e. The van der Waals surface area contributed by atoms with Crippen molar-refractivity contribution in [2.24, 2.45) is 4.99 Å². The largest absolute Gasteiger partial charge is 0.255 e. The molecule has 0 aliphatic heterocycles. The number of nitrogens with zero attached hydrogens (tertiary/aromatic N) is 2. The third-order valence-corrected chi connectivity index (χ3v) is 6.23. The van der Waals surface area contributed by atoms with Crippen molar-refractivity contribution in [2.75, 3.05) is 0 Å². The summed E-state index contributed by atoms with van der Waals surface area (Å²) in [5.41, 5.74) is 12.4. The average molecular weight is 453 g/mol. The van der Waals surface area contributed by atoms with Gasteiger partial charge in [-0.25, -0.2) is 0 Å². The Kier molecular flexibility index (Phi) is 6.36. The van der Waals surface area contributed by atoms with E-state index in [4.69, 9.17) is 4.99 Å². The summed E-state index contributed by atoms with van der Waals surface area (Å²) in [5, 5.41) is 0. The highest BCUT2D eigenvalue weighted by Crippen LogP contribution is 2.43. The fourth-order valence-corrected chi connectivity index (χ4v) is 4.18. The van der Waals surface area contributed by atoms with E-state index in [1.165, 1.54) is 27.8 Å². The number of benzene rings is 4. The Hall–Kier alpha value is -4.30. The van der Waals surface area contributed by atoms with Gasteiger partial charge in [-0.15, -0.1) is 0 Å². The lowest BCUT2D eigenvalue weighted by atomic mass is 9.90. The number of rotatable bonds is 5. The maximum Gasteiger partial charge on any atom is 0.0812 e. The van der Waals surface area contributed by atoms with Crippen LogP contribution in [0.25, 0.3) is 33.4 Å². The Bertz CT molecular complexity index is 1400. The lowest BCUT2D eigenvalue weighted by Crippen LogP contribution is -1.91. The van der Waals surface area contributed by atoms with Crippen molar-refractivity contribution < 1.29 is 0 Å². The molecule has 0 saturated carbocycles. The number of hydrogen-bond donors (Lipinski definition) is 0. The molecular formula is C33H28N2. The van der Waals surface area contributed by atoms with Crippen LogP contribution in [0.5, 0.6) is 0 Å². The van der Waals surface area contributed by atoms with Gasteiger partial charge in [0.1, 0.15) is 0 Å². The van der Waals surface area contributed by atoms with Gasteiger partial charge >= 0.3 is 0 Å². The zero-order valence-corrected chi connectivity index (χ0v) is 20.4. The maximum absolute atomic E-state index is 5.04. The summed E-state index contributed by atoms with van der Waals surface area (Å²) in [6, 6.07) is 36.5. The van der Waals surface area contributed by atoms with E-state index in [1.807, 2.05) is 24.4 Å². The number of pyridine rings is 1. The normalized spacial score (nSPS) is 11.2. The highest BCUT2D eigenvalue weighted by Gasteiger charge is 2.15. The second-order valence-corrected chi connectivity index (χ2v) is 9.03. The molecule has 0 atom stereocenters. The average Bonchev–Trinajstić information content (AvgIpc) is 2.89. The van der Waals surface area contributed by atoms with Gasteiger partial charge in [0, 0.05) is 17.3 Å². The van der Waals surface area contributed by atoms with Crippen LogP contribution >= 0.6 is 0 Å². The van der Waals surface area contributed by atoms with Gasteiger partial charge in [-0.05, 0) is 67.3 Å². The first-order chi connectivity index (χ1) is 17.1. The number of aliphatic imine (C=N–C) groups is 1. The molecule has 0 unspecified atom stereocenters. The Morgan fingerprint density at radius 2 is 1.03 bits per heavy atom. The predicted molar refractivity (Wildman–Crippen MR) is 148 cm³/mol. The maximum atomic E-state index is 5.04. The fraction of sp³-hybridized carbons (Fsp3) is 0.0909. The van der Waals surface area contributed by atoms with E-state index in [-0.39, 0.29) is 0 Å². The summed E-state index contributed by atoms with van der Waals surface area (Å²) in [6.07, 6.45) is 3.65. The standard InChI is InChI=1S/C33H28N2/c1-23-7-13-26(14-8-23)29-20-31(27-15-9-24(2)10-16-27)33(35-22-30-6-4-5-19-34-30)32(21-29)28-17-11-25(3)12-18-28/h4-22H,1-3H3/b35-22+. The summed E-state index contributed by atoms with van der Waals surface area (Å²) >= 11 is 0. The van der Waals surface area contributed by atoms with Crippen molar-refractivity contribution in [3.05, 3.63) is 132 Å². The van der Waals surface area contributed by atoms with Crippen molar-refractivity contribution in [3.8, 4) is 33.4 Å². The summed E-state index contributed by atoms with van der Waals surface area (Å²) < 4.78 is 0. The van der Waals surface area contributed by atoms with Crippen LogP contribution in [0.15, 0.2) is 114 Å². The van der Waals surface area contributed by atoms with Gasteiger partial charge in [0.25, 0.3) is 0 Å². The lowest BCUT2D eigenvalue weighted by molar-refractivity contribution is 1.30. The van der Waals surface area contributed by atoms with Crippen LogP contribution in [0.1, 0.15) is 22.4 Å². The van der Waals surface area contributed by atoms with Crippen molar-refractivity contribution >= 4 is 11.9 Å². The summed E-state index contributed by atoms with van der Waals surface area (Å²) in [6.45, 7) is 6.35. The molecule has 35 heavy (non-hydrogen) atoms. The molecule has 0 amide bonds. The quantitative estimate of drug-likeness (QED) is 0.245. The van der Waals surface area contributed by atoms with Gasteiger partial charge in [0.15, 0.2) is 0 Å². The Morgan fingerprint density at radius 3 is 1.49 bits per heavy atom. The zero-order chi connectivity index (χ0) is 24.2. The van der Waals surface area contributed by atoms with Crippen molar-refractivity contribution in [3.63, 3.8) is 0 Å². The molecule has 0 fully saturated rings. The molecule has 0 N–H and O–H groups in total. The molecule has 0 spiro atoms. The molecule has 0 radical (unpaired) electrons. The molecule has 2 heteroatoms. The van der Waals surface area contributed by atoms with Crippen LogP contribution in [0, 0.1) is 20.8 Å². The zero-order valence-electron chi connectivity index (χ0n) is 20.4. The Morgan fingerprint density at radius 1 is 0.543 bits per heavy atom. The molecule has 4 aromatic carbocycles. The SMILES string of the molecule is Cc1ccc(-c2cc(-c3ccc(C)cc3)c(/N=C/c3ccccn3)c(-c3ccc(C)cc3)c2)cc1. The van der Waals surface area contributed by atoms with Gasteiger partial charge in [0.2, 0.25) is 0 Å². The van der Waals surface area contributed by atoms with Crippen molar-refractivity contribution in [1.29, 1.82) is 0 Å². The van der Waals surface area contributed by atoms with Crippen molar-refractivity contribution in [2.45, 2.75) is 20.8 Å². The molecule has 0 saturated heterocycles. The molecule has 0 aliphatic carbocycles. The van der Waals surface area contributed by atoms with Crippen LogP contribution in [-0.4, -0.2) is 11.2 Å². The van der Waals surface area contributed by atoms with Gasteiger partial charge in [-0.3, -0.25) is 9.98 Å². The molecule has 5 rings (SSSR count). The Balaban J connectivity index is 1.78. The molecule has 2 nitrogen and oxygen atoms in total. The first kappa shape index (κ1) is 22.5. The minimum absolute atomic E-state index is 0.833. The van der Waals surface area contributed by atoms with E-state index in [0.29, 0.717) is 0 Å². The van der Waals surface area contributed by atoms with E-state index in [9.17, 15) is 0 Å². The van der Waals surface area contributed by atoms with Gasteiger partial charge in [-0.1, -0.05) is 95.6 Å². The van der Waals surface area contributed by atoms with Crippen LogP contribution in [0.2, 0.25) is 0 Å². The predicted octanol–water partition coefficient (Wildman–Crippen LogP) is 8.76. The number of aromatic nitrogens is 1. The van der Waals surface area contributed by atoms with Crippen LogP contribution in [0.3, 0.4) is 0 Å². The molecule has 5 aromatic rings. The molecule has 0 aliphatic rings. The third-order valence-electron chi connectivity index (χ3n) is 6.23. The summed E-state index contributed by atoms with van der Waals surface area (Å²) in [4.78, 5) is 9.48. The molecular weight excluding hydrogens is 424 g/mol. The van der Waals surface area contributed by atoms with Crippen LogP contribution in [0.4, 0.5) is 5.69 Å². The molecule has 1 aromatic heterocycles. The summed E-state index contributed by atoms with van der Waals surface area (Å²) in [5.74, 6) is 0. The van der Waals surface area contributed by atoms with Crippen molar-refractivity contribution in [1.82, 2.24) is 4.98 Å². The first-order valence-corrected chi connectivity index (χ1v) is 11.9. The monoisotopic (exact) mass is 452 g/mol. The smallest absolute Gasteiger partial charge is 0.0812 e. The summed E-state index contributed by atoms with van der Waals surface area (Å²) in [7, 11) is 0. The van der Waals surface area contributed by atoms with Gasteiger partial charge in [-0.2, -0.15) is 0 Å². The van der Waals surface area contributed by atoms with Gasteiger partial charge < -0.3 is 0 Å². The van der Waals surface area contributed by atoms with E-state index < -0.39 is 0 Å². The topological polar surface area (TPSA) is 25.2 Å². The number of aryl methyl sites for hydroxylation is 3. The van der Waals surface area contributed by atoms with E-state index >= 15 is 0 Å². The lowest BCUT2D eigenvalue weighted by Gasteiger charge is -2.16. The highest BCUT2D eigenvalue weighted by atomic mass is 14.8. The third kappa shape index (κ3) is 5.12. The first-order valence-electron chi connectivity index (χ1n) is 11.9. The molecule has 1 heterocycles. The van der Waals surface area contributed by atoms with E-state index in [2.05, 4.69) is 111 Å². The van der Waals surface area contributed by atoms with Crippen LogP contribution < -0.4 is 0 Å². The second kappa shape index (κ2) is 9.90. The second-order valence-electron chi connectivity index (χ2n) is 9.03. The minimum atomic E-state index is 0.833. The van der Waals surface area contributed by atoms with Crippen LogP contribution in [-0.2, 0) is 0 Å². The van der Waals surface area contributed by atoms with E-state index in [0.717, 1.165) is 33.6 Å². The van der Waals surface area contributed by atoms with E-state index in [1.54, 1.807) is 6.20 Å². The Labute approximate surface area is 207 Å². The molecule has 170 valence electrons. The number of hydrogen-bond acceptors (Lipinski definition) is 2. The fourth-order valence-electron chi connectivity index (χ4n) is 4.18. The highest BCUT2D eigenvalue weighted by molar-refractivity contribution is 5.95.